The van der Waals surface area contributed by atoms with Crippen molar-refractivity contribution in [2.24, 2.45) is 0 Å². The van der Waals surface area contributed by atoms with Crippen LogP contribution >= 0.6 is 0 Å². The molecule has 0 aromatic carbocycles. The van der Waals surface area contributed by atoms with E-state index in [4.69, 9.17) is 5.73 Å². The first-order valence-electron chi connectivity index (χ1n) is 7.93. The number of nitrogens with zero attached hydrogens (tertiary/aromatic N) is 4. The maximum absolute atomic E-state index is 11.4. The minimum absolute atomic E-state index is 0.0916. The van der Waals surface area contributed by atoms with Crippen molar-refractivity contribution in [2.75, 3.05) is 5.73 Å². The number of anilines is 1. The second-order valence-electron chi connectivity index (χ2n) is 5.92. The Labute approximate surface area is 148 Å². The van der Waals surface area contributed by atoms with Gasteiger partial charge in [-0.1, -0.05) is 6.07 Å². The fourth-order valence-corrected chi connectivity index (χ4v) is 2.88. The number of nitrogen functional groups attached to an aromatic ring is 1. The van der Waals surface area contributed by atoms with E-state index in [1.165, 1.54) is 10.6 Å². The summed E-state index contributed by atoms with van der Waals surface area (Å²) in [7, 11) is 0. The van der Waals surface area contributed by atoms with E-state index in [1.807, 2.05) is 37.3 Å². The molecule has 0 aliphatic carbocycles. The third-order valence-corrected chi connectivity index (χ3v) is 4.08. The van der Waals surface area contributed by atoms with Gasteiger partial charge in [0, 0.05) is 23.0 Å². The van der Waals surface area contributed by atoms with E-state index in [9.17, 15) is 9.90 Å². The van der Waals surface area contributed by atoms with Crippen LogP contribution < -0.4 is 5.73 Å². The first kappa shape index (κ1) is 15.8. The molecule has 0 amide bonds. The van der Waals surface area contributed by atoms with Crippen molar-refractivity contribution in [3.05, 3.63) is 66.4 Å². The zero-order valence-corrected chi connectivity index (χ0v) is 13.9. The fraction of sp³-hybridized carbons (Fsp3) is 0.0526. The van der Waals surface area contributed by atoms with Gasteiger partial charge in [0.2, 0.25) is 0 Å². The monoisotopic (exact) mass is 345 g/mol. The average Bonchev–Trinajstić information content (AvgIpc) is 3.05. The molecule has 0 aliphatic rings. The van der Waals surface area contributed by atoms with E-state index in [2.05, 4.69) is 15.0 Å². The Hall–Kier alpha value is -3.74. The van der Waals surface area contributed by atoms with Crippen LogP contribution in [0.2, 0.25) is 0 Å². The Kier molecular flexibility index (Phi) is 3.62. The minimum atomic E-state index is -1.04. The summed E-state index contributed by atoms with van der Waals surface area (Å²) in [6, 6.07) is 11.2. The van der Waals surface area contributed by atoms with Gasteiger partial charge in [0.05, 0.1) is 29.5 Å². The molecule has 4 aromatic heterocycles. The fourth-order valence-electron chi connectivity index (χ4n) is 2.88. The van der Waals surface area contributed by atoms with Gasteiger partial charge in [-0.15, -0.1) is 0 Å². The standard InChI is InChI=1S/C19H15N5O2/c1-11-3-2-4-15(23-11)18-14(7-13(20)8-22-18)12-5-6-17-21-9-16(19(25)26)24(17)10-12/h2-10H,20H2,1H3,(H,25,26). The largest absolute Gasteiger partial charge is 0.477 e. The second kappa shape index (κ2) is 5.96. The molecule has 0 radical (unpaired) electrons. The molecular weight excluding hydrogens is 330 g/mol. The van der Waals surface area contributed by atoms with E-state index >= 15 is 0 Å². The van der Waals surface area contributed by atoms with Crippen LogP contribution in [0.25, 0.3) is 28.2 Å². The summed E-state index contributed by atoms with van der Waals surface area (Å²) in [5.41, 5.74) is 10.9. The molecule has 3 N–H and O–H groups in total. The van der Waals surface area contributed by atoms with E-state index < -0.39 is 5.97 Å². The van der Waals surface area contributed by atoms with Crippen LogP contribution in [0.1, 0.15) is 16.2 Å². The second-order valence-corrected chi connectivity index (χ2v) is 5.92. The van der Waals surface area contributed by atoms with Crippen molar-refractivity contribution in [2.45, 2.75) is 6.92 Å². The molecule has 0 saturated carbocycles. The predicted molar refractivity (Wildman–Crippen MR) is 97.8 cm³/mol. The first-order chi connectivity index (χ1) is 12.5. The Morgan fingerprint density at radius 1 is 1.15 bits per heavy atom. The summed E-state index contributed by atoms with van der Waals surface area (Å²) in [5.74, 6) is -1.04. The number of hydrogen-bond donors (Lipinski definition) is 2. The summed E-state index contributed by atoms with van der Waals surface area (Å²) in [4.78, 5) is 24.5. The number of carbonyl (C=O) groups is 1. The summed E-state index contributed by atoms with van der Waals surface area (Å²) in [6.45, 7) is 1.91. The molecule has 0 aliphatic heterocycles. The number of aryl methyl sites for hydroxylation is 1. The van der Waals surface area contributed by atoms with Crippen LogP contribution in [0.4, 0.5) is 5.69 Å². The van der Waals surface area contributed by atoms with Crippen LogP contribution in [0.5, 0.6) is 0 Å². The van der Waals surface area contributed by atoms with Gasteiger partial charge in [-0.25, -0.2) is 9.78 Å². The molecule has 7 heteroatoms. The zero-order chi connectivity index (χ0) is 18.3. The Balaban J connectivity index is 1.95. The molecule has 0 fully saturated rings. The molecule has 0 atom stereocenters. The molecule has 26 heavy (non-hydrogen) atoms. The summed E-state index contributed by atoms with van der Waals surface area (Å²) in [5, 5.41) is 9.34. The van der Waals surface area contributed by atoms with E-state index in [-0.39, 0.29) is 5.69 Å². The summed E-state index contributed by atoms with van der Waals surface area (Å²) < 4.78 is 1.54. The zero-order valence-electron chi connectivity index (χ0n) is 13.9. The third kappa shape index (κ3) is 2.65. The highest BCUT2D eigenvalue weighted by atomic mass is 16.4. The molecule has 0 spiro atoms. The Bertz CT molecular complexity index is 1150. The highest BCUT2D eigenvalue weighted by molar-refractivity contribution is 5.87. The summed E-state index contributed by atoms with van der Waals surface area (Å²) in [6.07, 6.45) is 4.64. The molecule has 4 rings (SSSR count). The van der Waals surface area contributed by atoms with Gasteiger partial charge >= 0.3 is 5.97 Å². The van der Waals surface area contributed by atoms with E-state index in [1.54, 1.807) is 18.5 Å². The predicted octanol–water partition coefficient (Wildman–Crippen LogP) is 3.05. The van der Waals surface area contributed by atoms with Crippen LogP contribution in [0, 0.1) is 6.92 Å². The van der Waals surface area contributed by atoms with Gasteiger partial charge in [0.25, 0.3) is 0 Å². The van der Waals surface area contributed by atoms with Gasteiger partial charge in [-0.2, -0.15) is 0 Å². The molecule has 128 valence electrons. The Morgan fingerprint density at radius 2 is 2.00 bits per heavy atom. The normalized spacial score (nSPS) is 11.0. The number of aromatic nitrogens is 4. The number of aromatic carboxylic acids is 1. The van der Waals surface area contributed by atoms with Crippen LogP contribution in [0.15, 0.2) is 55.0 Å². The smallest absolute Gasteiger partial charge is 0.354 e. The maximum atomic E-state index is 11.4. The number of imidazole rings is 1. The number of nitrogens with two attached hydrogens (primary N) is 1. The Morgan fingerprint density at radius 3 is 2.77 bits per heavy atom. The third-order valence-electron chi connectivity index (χ3n) is 4.08. The quantitative estimate of drug-likeness (QED) is 0.591. The summed E-state index contributed by atoms with van der Waals surface area (Å²) >= 11 is 0. The van der Waals surface area contributed by atoms with Crippen molar-refractivity contribution in [3.63, 3.8) is 0 Å². The molecule has 0 unspecified atom stereocenters. The lowest BCUT2D eigenvalue weighted by Gasteiger charge is -2.11. The molecule has 4 aromatic rings. The van der Waals surface area contributed by atoms with Gasteiger partial charge in [0.1, 0.15) is 5.65 Å². The number of hydrogen-bond acceptors (Lipinski definition) is 5. The number of carboxylic acid groups (broad SMARTS) is 1. The van der Waals surface area contributed by atoms with Gasteiger partial charge in [0.15, 0.2) is 5.69 Å². The first-order valence-corrected chi connectivity index (χ1v) is 7.93. The number of pyridine rings is 3. The van der Waals surface area contributed by atoms with Crippen LogP contribution in [-0.2, 0) is 0 Å². The SMILES string of the molecule is Cc1cccc(-c2ncc(N)cc2-c2ccc3ncc(C(=O)O)n3c2)n1. The molecular formula is C19H15N5O2. The molecule has 7 nitrogen and oxygen atoms in total. The maximum Gasteiger partial charge on any atom is 0.354 e. The lowest BCUT2D eigenvalue weighted by molar-refractivity contribution is 0.0689. The van der Waals surface area contributed by atoms with Gasteiger partial charge in [-0.05, 0) is 37.3 Å². The van der Waals surface area contributed by atoms with Crippen molar-refractivity contribution >= 4 is 17.3 Å². The van der Waals surface area contributed by atoms with Crippen molar-refractivity contribution < 1.29 is 9.90 Å². The number of fused-ring (bicyclic) bond motifs is 1. The van der Waals surface area contributed by atoms with Gasteiger partial charge in [-0.3, -0.25) is 14.4 Å². The van der Waals surface area contributed by atoms with Crippen molar-refractivity contribution in [3.8, 4) is 22.5 Å². The van der Waals surface area contributed by atoms with Crippen LogP contribution in [0.3, 0.4) is 0 Å². The van der Waals surface area contributed by atoms with Gasteiger partial charge < -0.3 is 10.8 Å². The number of carboxylic acids is 1. The lowest BCUT2D eigenvalue weighted by Crippen LogP contribution is -2.02. The average molecular weight is 345 g/mol. The lowest BCUT2D eigenvalue weighted by atomic mass is 10.0. The highest BCUT2D eigenvalue weighted by Gasteiger charge is 2.15. The van der Waals surface area contributed by atoms with Crippen LogP contribution in [-0.4, -0.2) is 30.4 Å². The highest BCUT2D eigenvalue weighted by Crippen LogP contribution is 2.31. The van der Waals surface area contributed by atoms with E-state index in [0.717, 1.165) is 22.5 Å². The minimum Gasteiger partial charge on any atom is -0.477 e. The van der Waals surface area contributed by atoms with Crippen molar-refractivity contribution in [1.82, 2.24) is 19.4 Å². The number of rotatable bonds is 3. The molecule has 0 saturated heterocycles. The van der Waals surface area contributed by atoms with Crippen molar-refractivity contribution in [1.29, 1.82) is 0 Å². The topological polar surface area (TPSA) is 106 Å². The molecule has 4 heterocycles. The molecule has 0 bridgehead atoms. The van der Waals surface area contributed by atoms with E-state index in [0.29, 0.717) is 17.0 Å².